The predicted octanol–water partition coefficient (Wildman–Crippen LogP) is 2.74. The van der Waals surface area contributed by atoms with Crippen LogP contribution in [-0.4, -0.2) is 22.5 Å². The Balaban J connectivity index is 1.98. The summed E-state index contributed by atoms with van der Waals surface area (Å²) in [7, 11) is 0. The fourth-order valence-electron chi connectivity index (χ4n) is 2.42. The van der Waals surface area contributed by atoms with Crippen LogP contribution in [0.4, 0.5) is 13.2 Å². The Hall–Kier alpha value is -1.52. The molecule has 0 N–H and O–H groups in total. The summed E-state index contributed by atoms with van der Waals surface area (Å²) >= 11 is 0. The minimum absolute atomic E-state index is 0.0240. The topological polar surface area (TPSA) is 20.3 Å². The van der Waals surface area contributed by atoms with E-state index >= 15 is 0 Å². The highest BCUT2D eigenvalue weighted by molar-refractivity contribution is 5.99. The minimum Gasteiger partial charge on any atom is -0.319 e. The Morgan fingerprint density at radius 3 is 2.35 bits per heavy atom. The van der Waals surface area contributed by atoms with Gasteiger partial charge in [0.1, 0.15) is 5.54 Å². The second-order valence-electron chi connectivity index (χ2n) is 4.58. The van der Waals surface area contributed by atoms with Gasteiger partial charge in [-0.2, -0.15) is 13.2 Å². The van der Waals surface area contributed by atoms with Gasteiger partial charge in [-0.25, -0.2) is 0 Å². The lowest BCUT2D eigenvalue weighted by Crippen LogP contribution is -2.48. The predicted molar refractivity (Wildman–Crippen MR) is 54.3 cm³/mol. The van der Waals surface area contributed by atoms with Gasteiger partial charge >= 0.3 is 6.18 Å². The molecule has 0 bridgehead atoms. The van der Waals surface area contributed by atoms with Gasteiger partial charge in [0.25, 0.3) is 5.91 Å². The molecule has 1 aromatic carbocycles. The zero-order valence-electron chi connectivity index (χ0n) is 8.92. The molecule has 1 aromatic rings. The van der Waals surface area contributed by atoms with Crippen LogP contribution < -0.4 is 0 Å². The van der Waals surface area contributed by atoms with Gasteiger partial charge in [-0.05, 0) is 24.5 Å². The maximum Gasteiger partial charge on any atom is 0.411 e. The normalized spacial score (nSPS) is 21.6. The summed E-state index contributed by atoms with van der Waals surface area (Å²) in [5, 5.41) is 0. The van der Waals surface area contributed by atoms with Crippen molar-refractivity contribution in [2.75, 3.05) is 0 Å². The molecule has 0 radical (unpaired) electrons. The number of rotatable bonds is 1. The summed E-state index contributed by atoms with van der Waals surface area (Å²) in [6.07, 6.45) is -4.28. The molecule has 2 nitrogen and oxygen atoms in total. The molecule has 5 heteroatoms. The van der Waals surface area contributed by atoms with Crippen molar-refractivity contribution < 1.29 is 18.0 Å². The van der Waals surface area contributed by atoms with Gasteiger partial charge in [-0.3, -0.25) is 4.79 Å². The standard InChI is InChI=1S/C12H10F3NO/c13-12(14,15)11(5-6-11)16-7-8-3-1-2-4-9(8)10(16)17/h1-4H,5-7H2. The van der Waals surface area contributed by atoms with Crippen LogP contribution in [0.5, 0.6) is 0 Å². The summed E-state index contributed by atoms with van der Waals surface area (Å²) in [4.78, 5) is 12.9. The van der Waals surface area contributed by atoms with Crippen LogP contribution in [0.15, 0.2) is 24.3 Å². The molecule has 90 valence electrons. The Kier molecular flexibility index (Phi) is 1.89. The van der Waals surface area contributed by atoms with Crippen molar-refractivity contribution in [1.29, 1.82) is 0 Å². The first-order chi connectivity index (χ1) is 7.96. The molecule has 0 aromatic heterocycles. The number of halogens is 3. The lowest BCUT2D eigenvalue weighted by Gasteiger charge is -2.29. The fourth-order valence-corrected chi connectivity index (χ4v) is 2.42. The molecule has 1 aliphatic heterocycles. The number of hydrogen-bond acceptors (Lipinski definition) is 1. The molecular formula is C12H10F3NO. The molecule has 1 heterocycles. The van der Waals surface area contributed by atoms with Crippen molar-refractivity contribution in [3.63, 3.8) is 0 Å². The Bertz CT molecular complexity index is 491. The Morgan fingerprint density at radius 2 is 1.82 bits per heavy atom. The number of fused-ring (bicyclic) bond motifs is 1. The van der Waals surface area contributed by atoms with Gasteiger partial charge in [0.2, 0.25) is 0 Å². The minimum atomic E-state index is -4.33. The summed E-state index contributed by atoms with van der Waals surface area (Å²) in [6, 6.07) is 6.71. The number of carbonyl (C=O) groups is 1. The molecule has 1 amide bonds. The highest BCUT2D eigenvalue weighted by atomic mass is 19.4. The van der Waals surface area contributed by atoms with Gasteiger partial charge in [-0.15, -0.1) is 0 Å². The average molecular weight is 241 g/mol. The van der Waals surface area contributed by atoms with Crippen molar-refractivity contribution in [2.24, 2.45) is 0 Å². The zero-order valence-corrected chi connectivity index (χ0v) is 8.92. The maximum absolute atomic E-state index is 13.0. The van der Waals surface area contributed by atoms with Crippen molar-refractivity contribution in [3.8, 4) is 0 Å². The van der Waals surface area contributed by atoms with E-state index in [1.807, 2.05) is 0 Å². The second-order valence-corrected chi connectivity index (χ2v) is 4.58. The van der Waals surface area contributed by atoms with Crippen molar-refractivity contribution in [2.45, 2.75) is 31.1 Å². The molecule has 0 unspecified atom stereocenters. The smallest absolute Gasteiger partial charge is 0.319 e. The van der Waals surface area contributed by atoms with Gasteiger partial charge < -0.3 is 4.90 Å². The molecule has 3 rings (SSSR count). The van der Waals surface area contributed by atoms with Crippen LogP contribution in [0.2, 0.25) is 0 Å². The fraction of sp³-hybridized carbons (Fsp3) is 0.417. The number of benzene rings is 1. The lowest BCUT2D eigenvalue weighted by molar-refractivity contribution is -0.189. The number of amides is 1. The van der Waals surface area contributed by atoms with E-state index in [-0.39, 0.29) is 19.4 Å². The number of alkyl halides is 3. The van der Waals surface area contributed by atoms with Crippen molar-refractivity contribution in [3.05, 3.63) is 35.4 Å². The highest BCUT2D eigenvalue weighted by Gasteiger charge is 2.68. The SMILES string of the molecule is O=C1c2ccccc2CN1C1(C(F)(F)F)CC1. The molecule has 1 fully saturated rings. The van der Waals surface area contributed by atoms with E-state index in [2.05, 4.69) is 0 Å². The third-order valence-corrected chi connectivity index (χ3v) is 3.59. The summed E-state index contributed by atoms with van der Waals surface area (Å²) in [5.74, 6) is -0.490. The Morgan fingerprint density at radius 1 is 1.18 bits per heavy atom. The summed E-state index contributed by atoms with van der Waals surface area (Å²) in [5.41, 5.74) is -0.806. The molecular weight excluding hydrogens is 231 g/mol. The zero-order chi connectivity index (χ0) is 12.3. The quantitative estimate of drug-likeness (QED) is 0.740. The van der Waals surface area contributed by atoms with Gasteiger partial charge in [-0.1, -0.05) is 18.2 Å². The van der Waals surface area contributed by atoms with E-state index < -0.39 is 17.6 Å². The first-order valence-corrected chi connectivity index (χ1v) is 5.42. The van der Waals surface area contributed by atoms with Crippen molar-refractivity contribution in [1.82, 2.24) is 4.90 Å². The highest BCUT2D eigenvalue weighted by Crippen LogP contribution is 2.55. The van der Waals surface area contributed by atoms with Crippen LogP contribution in [0.1, 0.15) is 28.8 Å². The molecule has 2 aliphatic rings. The van der Waals surface area contributed by atoms with E-state index in [4.69, 9.17) is 0 Å². The third-order valence-electron chi connectivity index (χ3n) is 3.59. The first-order valence-electron chi connectivity index (χ1n) is 5.42. The van der Waals surface area contributed by atoms with Crippen LogP contribution in [0.3, 0.4) is 0 Å². The van der Waals surface area contributed by atoms with Crippen LogP contribution in [0.25, 0.3) is 0 Å². The van der Waals surface area contributed by atoms with Gasteiger partial charge in [0.05, 0.1) is 0 Å². The van der Waals surface area contributed by atoms with E-state index in [1.54, 1.807) is 24.3 Å². The number of nitrogens with zero attached hydrogens (tertiary/aromatic N) is 1. The Labute approximate surface area is 96.0 Å². The molecule has 1 saturated carbocycles. The molecule has 0 saturated heterocycles. The van der Waals surface area contributed by atoms with E-state index in [1.165, 1.54) is 0 Å². The number of hydrogen-bond donors (Lipinski definition) is 0. The molecule has 17 heavy (non-hydrogen) atoms. The summed E-state index contributed by atoms with van der Waals surface area (Å²) in [6.45, 7) is 0.0779. The van der Waals surface area contributed by atoms with E-state index in [0.717, 1.165) is 4.90 Å². The van der Waals surface area contributed by atoms with E-state index in [9.17, 15) is 18.0 Å². The third kappa shape index (κ3) is 1.31. The van der Waals surface area contributed by atoms with Crippen LogP contribution >= 0.6 is 0 Å². The monoisotopic (exact) mass is 241 g/mol. The summed E-state index contributed by atoms with van der Waals surface area (Å²) < 4.78 is 38.9. The number of carbonyl (C=O) groups excluding carboxylic acids is 1. The van der Waals surface area contributed by atoms with Gasteiger partial charge in [0.15, 0.2) is 0 Å². The van der Waals surface area contributed by atoms with Crippen LogP contribution in [-0.2, 0) is 6.54 Å². The van der Waals surface area contributed by atoms with Gasteiger partial charge in [0, 0.05) is 12.1 Å². The molecule has 0 spiro atoms. The molecule has 1 aliphatic carbocycles. The first kappa shape index (κ1) is 10.6. The largest absolute Gasteiger partial charge is 0.411 e. The van der Waals surface area contributed by atoms with Crippen LogP contribution in [0, 0.1) is 0 Å². The maximum atomic E-state index is 13.0. The molecule has 0 atom stereocenters. The van der Waals surface area contributed by atoms with Crippen molar-refractivity contribution >= 4 is 5.91 Å². The van der Waals surface area contributed by atoms with E-state index in [0.29, 0.717) is 11.1 Å². The average Bonchev–Trinajstić information content (AvgIpc) is 3.01. The lowest BCUT2D eigenvalue weighted by atomic mass is 10.1. The second kappa shape index (κ2) is 3.03.